The average molecular weight is 171 g/mol. The van der Waals surface area contributed by atoms with E-state index >= 15 is 0 Å². The molecule has 0 N–H and O–H groups in total. The number of nitrogens with zero attached hydrogens (tertiary/aromatic N) is 3. The number of alkyl halides is 1. The first-order valence-corrected chi connectivity index (χ1v) is 3.55. The Bertz CT molecular complexity index is 276. The molecule has 0 bridgehead atoms. The van der Waals surface area contributed by atoms with Gasteiger partial charge in [-0.2, -0.15) is 5.10 Å². The second kappa shape index (κ2) is 3.00. The minimum absolute atomic E-state index is 0.0427. The molecule has 0 radical (unpaired) electrons. The van der Waals surface area contributed by atoms with E-state index in [2.05, 4.69) is 10.1 Å². The summed E-state index contributed by atoms with van der Waals surface area (Å²) in [5.41, 5.74) is -1.38. The lowest BCUT2D eigenvalue weighted by Crippen LogP contribution is -2.23. The normalized spacial score (nSPS) is 11.6. The zero-order chi connectivity index (χ0) is 9.19. The molecule has 0 unspecified atom stereocenters. The number of hydrogen-bond acceptors (Lipinski definition) is 3. The Morgan fingerprint density at radius 2 is 2.42 bits per heavy atom. The SMILES string of the molecule is CC(C)(F)Cn1ncnc1C=O. The van der Waals surface area contributed by atoms with Gasteiger partial charge in [0.25, 0.3) is 0 Å². The smallest absolute Gasteiger partial charge is 0.191 e. The molecule has 12 heavy (non-hydrogen) atoms. The van der Waals surface area contributed by atoms with Gasteiger partial charge in [0.1, 0.15) is 12.0 Å². The van der Waals surface area contributed by atoms with E-state index in [1.165, 1.54) is 24.9 Å². The van der Waals surface area contributed by atoms with Crippen molar-refractivity contribution in [3.8, 4) is 0 Å². The van der Waals surface area contributed by atoms with Crippen LogP contribution in [0, 0.1) is 0 Å². The highest BCUT2D eigenvalue weighted by Crippen LogP contribution is 2.10. The predicted molar refractivity (Wildman–Crippen MR) is 40.6 cm³/mol. The maximum atomic E-state index is 13.1. The number of aldehydes is 1. The fourth-order valence-corrected chi connectivity index (χ4v) is 0.842. The van der Waals surface area contributed by atoms with Crippen molar-refractivity contribution in [2.24, 2.45) is 0 Å². The Kier molecular flexibility index (Phi) is 2.21. The van der Waals surface area contributed by atoms with Crippen molar-refractivity contribution >= 4 is 6.29 Å². The summed E-state index contributed by atoms with van der Waals surface area (Å²) < 4.78 is 14.3. The third-order valence-corrected chi connectivity index (χ3v) is 1.28. The molecule has 0 fully saturated rings. The maximum absolute atomic E-state index is 13.1. The summed E-state index contributed by atoms with van der Waals surface area (Å²) >= 11 is 0. The quantitative estimate of drug-likeness (QED) is 0.633. The molecule has 0 aliphatic carbocycles. The minimum Gasteiger partial charge on any atom is -0.294 e. The molecule has 0 aromatic carbocycles. The highest BCUT2D eigenvalue weighted by atomic mass is 19.1. The lowest BCUT2D eigenvalue weighted by atomic mass is 10.2. The van der Waals surface area contributed by atoms with Crippen LogP contribution >= 0.6 is 0 Å². The van der Waals surface area contributed by atoms with Crippen LogP contribution in [0.15, 0.2) is 6.33 Å². The molecule has 0 spiro atoms. The second-order valence-corrected chi connectivity index (χ2v) is 3.11. The molecule has 5 heteroatoms. The summed E-state index contributed by atoms with van der Waals surface area (Å²) in [6, 6.07) is 0. The van der Waals surface area contributed by atoms with Crippen molar-refractivity contribution < 1.29 is 9.18 Å². The maximum Gasteiger partial charge on any atom is 0.191 e. The lowest BCUT2D eigenvalue weighted by molar-refractivity contribution is 0.110. The van der Waals surface area contributed by atoms with Gasteiger partial charge in [0.2, 0.25) is 0 Å². The van der Waals surface area contributed by atoms with E-state index in [-0.39, 0.29) is 12.4 Å². The first-order chi connectivity index (χ1) is 5.53. The molecular formula is C7H10FN3O. The number of halogens is 1. The molecule has 4 nitrogen and oxygen atoms in total. The van der Waals surface area contributed by atoms with Crippen LogP contribution in [0.25, 0.3) is 0 Å². The molecule has 1 aromatic rings. The van der Waals surface area contributed by atoms with Crippen molar-refractivity contribution in [1.82, 2.24) is 14.8 Å². The molecule has 0 aliphatic heterocycles. The topological polar surface area (TPSA) is 47.8 Å². The van der Waals surface area contributed by atoms with Crippen LogP contribution < -0.4 is 0 Å². The van der Waals surface area contributed by atoms with Crippen LogP contribution in [0.1, 0.15) is 24.5 Å². The largest absolute Gasteiger partial charge is 0.294 e. The van der Waals surface area contributed by atoms with Crippen LogP contribution in [0.5, 0.6) is 0 Å². The van der Waals surface area contributed by atoms with Gasteiger partial charge in [0.15, 0.2) is 12.1 Å². The van der Waals surface area contributed by atoms with Gasteiger partial charge in [-0.3, -0.25) is 4.79 Å². The molecule has 1 heterocycles. The van der Waals surface area contributed by atoms with Gasteiger partial charge in [-0.15, -0.1) is 0 Å². The third kappa shape index (κ3) is 2.11. The number of rotatable bonds is 3. The molecule has 0 saturated heterocycles. The fraction of sp³-hybridized carbons (Fsp3) is 0.571. The summed E-state index contributed by atoms with van der Waals surface area (Å²) in [7, 11) is 0. The van der Waals surface area contributed by atoms with Gasteiger partial charge in [-0.05, 0) is 13.8 Å². The molecule has 1 rings (SSSR count). The number of carbonyl (C=O) groups excluding carboxylic acids is 1. The first kappa shape index (κ1) is 8.83. The fourth-order valence-electron chi connectivity index (χ4n) is 0.842. The summed E-state index contributed by atoms with van der Waals surface area (Å²) in [4.78, 5) is 14.0. The van der Waals surface area contributed by atoms with Crippen LogP contribution in [-0.2, 0) is 6.54 Å². The van der Waals surface area contributed by atoms with E-state index in [0.717, 1.165) is 0 Å². The Labute approximate surface area is 69.4 Å². The van der Waals surface area contributed by atoms with Crippen LogP contribution in [-0.4, -0.2) is 26.7 Å². The van der Waals surface area contributed by atoms with Gasteiger partial charge in [0.05, 0.1) is 6.54 Å². The van der Waals surface area contributed by atoms with Crippen molar-refractivity contribution in [3.63, 3.8) is 0 Å². The zero-order valence-corrected chi connectivity index (χ0v) is 6.99. The molecule has 0 aliphatic rings. The van der Waals surface area contributed by atoms with Gasteiger partial charge in [-0.25, -0.2) is 14.1 Å². The summed E-state index contributed by atoms with van der Waals surface area (Å²) in [5.74, 6) is 0.153. The minimum atomic E-state index is -1.38. The van der Waals surface area contributed by atoms with Crippen molar-refractivity contribution in [2.75, 3.05) is 0 Å². The van der Waals surface area contributed by atoms with Crippen molar-refractivity contribution in [2.45, 2.75) is 26.1 Å². The van der Waals surface area contributed by atoms with Gasteiger partial charge in [0, 0.05) is 0 Å². The van der Waals surface area contributed by atoms with E-state index < -0.39 is 5.67 Å². The number of hydrogen-bond donors (Lipinski definition) is 0. The Morgan fingerprint density at radius 3 is 2.92 bits per heavy atom. The highest BCUT2D eigenvalue weighted by Gasteiger charge is 2.18. The number of carbonyl (C=O) groups is 1. The Balaban J connectivity index is 2.81. The first-order valence-electron chi connectivity index (χ1n) is 3.55. The number of aromatic nitrogens is 3. The molecule has 0 amide bonds. The highest BCUT2D eigenvalue weighted by molar-refractivity contribution is 5.68. The van der Waals surface area contributed by atoms with E-state index in [1.807, 2.05) is 0 Å². The van der Waals surface area contributed by atoms with Gasteiger partial charge < -0.3 is 0 Å². The van der Waals surface area contributed by atoms with Crippen molar-refractivity contribution in [1.29, 1.82) is 0 Å². The molecule has 1 aromatic heterocycles. The van der Waals surface area contributed by atoms with Crippen LogP contribution in [0.4, 0.5) is 4.39 Å². The average Bonchev–Trinajstić information content (AvgIpc) is 2.31. The Hall–Kier alpha value is -1.26. The Morgan fingerprint density at radius 1 is 1.75 bits per heavy atom. The van der Waals surface area contributed by atoms with Crippen molar-refractivity contribution in [3.05, 3.63) is 12.2 Å². The summed E-state index contributed by atoms with van der Waals surface area (Å²) in [5, 5.41) is 3.71. The van der Waals surface area contributed by atoms with E-state index in [4.69, 9.17) is 0 Å². The van der Waals surface area contributed by atoms with Gasteiger partial charge >= 0.3 is 0 Å². The summed E-state index contributed by atoms with van der Waals surface area (Å²) in [6.45, 7) is 2.88. The van der Waals surface area contributed by atoms with Crippen LogP contribution in [0.2, 0.25) is 0 Å². The summed E-state index contributed by atoms with van der Waals surface area (Å²) in [6.07, 6.45) is 1.79. The third-order valence-electron chi connectivity index (χ3n) is 1.28. The predicted octanol–water partition coefficient (Wildman–Crippen LogP) is 0.839. The van der Waals surface area contributed by atoms with Gasteiger partial charge in [-0.1, -0.05) is 0 Å². The molecule has 66 valence electrons. The molecule has 0 saturated carbocycles. The monoisotopic (exact) mass is 171 g/mol. The van der Waals surface area contributed by atoms with Crippen LogP contribution in [0.3, 0.4) is 0 Å². The molecule has 0 atom stereocenters. The van der Waals surface area contributed by atoms with E-state index in [0.29, 0.717) is 6.29 Å². The van der Waals surface area contributed by atoms with E-state index in [9.17, 15) is 9.18 Å². The molecular weight excluding hydrogens is 161 g/mol. The lowest BCUT2D eigenvalue weighted by Gasteiger charge is -2.13. The van der Waals surface area contributed by atoms with E-state index in [1.54, 1.807) is 0 Å². The standard InChI is InChI=1S/C7H10FN3O/c1-7(2,8)4-11-6(3-12)9-5-10-11/h3,5H,4H2,1-2H3. The zero-order valence-electron chi connectivity index (χ0n) is 6.99. The second-order valence-electron chi connectivity index (χ2n) is 3.11.